The summed E-state index contributed by atoms with van der Waals surface area (Å²) in [5, 5.41) is 0. The zero-order valence-corrected chi connectivity index (χ0v) is 14.8. The number of ether oxygens (including phenoxy) is 1. The number of fused-ring (bicyclic) bond motifs is 1. The molecule has 0 bridgehead atoms. The van der Waals surface area contributed by atoms with Gasteiger partial charge in [0, 0.05) is 51.9 Å². The molecule has 4 rings (SSSR count). The van der Waals surface area contributed by atoms with Gasteiger partial charge in [0.25, 0.3) is 0 Å². The Balaban J connectivity index is 1.38. The van der Waals surface area contributed by atoms with Crippen molar-refractivity contribution >= 4 is 11.9 Å². The highest BCUT2D eigenvalue weighted by Crippen LogP contribution is 2.25. The fourth-order valence-corrected chi connectivity index (χ4v) is 4.12. The second kappa shape index (κ2) is 7.23. The molecule has 7 heteroatoms. The van der Waals surface area contributed by atoms with Crippen LogP contribution in [0.25, 0.3) is 0 Å². The van der Waals surface area contributed by atoms with Gasteiger partial charge in [0.2, 0.25) is 5.91 Å². The highest BCUT2D eigenvalue weighted by atomic mass is 19.1. The van der Waals surface area contributed by atoms with Crippen molar-refractivity contribution in [1.82, 2.24) is 14.7 Å². The summed E-state index contributed by atoms with van der Waals surface area (Å²) in [6.07, 6.45) is 1.58. The van der Waals surface area contributed by atoms with Crippen LogP contribution in [0.3, 0.4) is 0 Å². The first-order chi connectivity index (χ1) is 12.6. The van der Waals surface area contributed by atoms with Crippen LogP contribution in [0.2, 0.25) is 0 Å². The first-order valence-corrected chi connectivity index (χ1v) is 9.28. The number of urea groups is 1. The number of piperazine rings is 1. The second-order valence-electron chi connectivity index (χ2n) is 7.31. The third kappa shape index (κ3) is 3.40. The number of amides is 3. The summed E-state index contributed by atoms with van der Waals surface area (Å²) in [6, 6.07) is 6.30. The minimum absolute atomic E-state index is 0.0116. The van der Waals surface area contributed by atoms with Gasteiger partial charge >= 0.3 is 6.03 Å². The molecule has 0 spiro atoms. The van der Waals surface area contributed by atoms with Crippen molar-refractivity contribution < 1.29 is 18.7 Å². The number of hydrogen-bond donors (Lipinski definition) is 0. The van der Waals surface area contributed by atoms with Crippen LogP contribution in [0.15, 0.2) is 24.3 Å². The number of hydrogen-bond acceptors (Lipinski definition) is 3. The summed E-state index contributed by atoms with van der Waals surface area (Å²) in [5.41, 5.74) is 0.912. The van der Waals surface area contributed by atoms with E-state index < -0.39 is 0 Å². The molecule has 0 aromatic heterocycles. The van der Waals surface area contributed by atoms with Gasteiger partial charge in [-0.1, -0.05) is 12.1 Å². The molecule has 1 aromatic carbocycles. The molecule has 3 aliphatic rings. The van der Waals surface area contributed by atoms with Crippen LogP contribution in [0.4, 0.5) is 9.18 Å². The lowest BCUT2D eigenvalue weighted by Gasteiger charge is -2.38. The number of halogens is 1. The lowest BCUT2D eigenvalue weighted by atomic mass is 9.98. The van der Waals surface area contributed by atoms with E-state index >= 15 is 0 Å². The average molecular weight is 361 g/mol. The van der Waals surface area contributed by atoms with Crippen molar-refractivity contribution in [2.75, 3.05) is 39.4 Å². The minimum Gasteiger partial charge on any atom is -0.381 e. The molecular formula is C19H24FN3O3. The molecule has 26 heavy (non-hydrogen) atoms. The molecule has 3 aliphatic heterocycles. The van der Waals surface area contributed by atoms with Crippen molar-refractivity contribution in [3.8, 4) is 0 Å². The maximum absolute atomic E-state index is 13.1. The molecule has 1 aromatic rings. The van der Waals surface area contributed by atoms with Crippen LogP contribution in [-0.2, 0) is 16.1 Å². The number of rotatable bonds is 3. The van der Waals surface area contributed by atoms with Gasteiger partial charge < -0.3 is 19.4 Å². The van der Waals surface area contributed by atoms with Crippen LogP contribution in [0.1, 0.15) is 18.4 Å². The van der Waals surface area contributed by atoms with E-state index in [4.69, 9.17) is 4.74 Å². The Morgan fingerprint density at radius 2 is 1.85 bits per heavy atom. The first kappa shape index (κ1) is 17.3. The zero-order valence-electron chi connectivity index (χ0n) is 14.8. The van der Waals surface area contributed by atoms with Crippen molar-refractivity contribution in [2.45, 2.75) is 25.4 Å². The van der Waals surface area contributed by atoms with Crippen molar-refractivity contribution in [3.63, 3.8) is 0 Å². The highest BCUT2D eigenvalue weighted by Gasteiger charge is 2.42. The maximum Gasteiger partial charge on any atom is 0.320 e. The van der Waals surface area contributed by atoms with Gasteiger partial charge in [0.15, 0.2) is 0 Å². The topological polar surface area (TPSA) is 53.1 Å². The Hall–Kier alpha value is -2.15. The van der Waals surface area contributed by atoms with Crippen molar-refractivity contribution in [2.24, 2.45) is 5.92 Å². The summed E-state index contributed by atoms with van der Waals surface area (Å²) < 4.78 is 18.4. The molecule has 3 fully saturated rings. The Kier molecular flexibility index (Phi) is 4.80. The van der Waals surface area contributed by atoms with Crippen LogP contribution in [-0.4, -0.2) is 72.1 Å². The number of benzene rings is 1. The standard InChI is InChI=1S/C19H24FN3O3/c20-16-3-1-14(2-4-16)11-22-13-17-12-21(7-8-23(17)19(22)25)18(24)15-5-9-26-10-6-15/h1-4,15,17H,5-13H2/t17-/m1/s1. The van der Waals surface area contributed by atoms with Gasteiger partial charge in [-0.15, -0.1) is 0 Å². The van der Waals surface area contributed by atoms with Gasteiger partial charge in [0.05, 0.1) is 6.04 Å². The molecule has 0 saturated carbocycles. The molecule has 3 saturated heterocycles. The SMILES string of the molecule is O=C(C1CCOCC1)N1CCN2C(=O)N(Cc3ccc(F)cc3)C[C@H]2C1. The molecule has 0 N–H and O–H groups in total. The van der Waals surface area contributed by atoms with Crippen LogP contribution >= 0.6 is 0 Å². The Morgan fingerprint density at radius 3 is 2.58 bits per heavy atom. The van der Waals surface area contributed by atoms with E-state index in [2.05, 4.69) is 0 Å². The molecule has 1 atom stereocenters. The summed E-state index contributed by atoms with van der Waals surface area (Å²) in [6.45, 7) is 4.17. The molecule has 3 heterocycles. The number of carbonyl (C=O) groups excluding carboxylic acids is 2. The third-order valence-corrected chi connectivity index (χ3v) is 5.60. The lowest BCUT2D eigenvalue weighted by molar-refractivity contribution is -0.140. The molecule has 6 nitrogen and oxygen atoms in total. The van der Waals surface area contributed by atoms with E-state index in [1.807, 2.05) is 9.80 Å². The molecule has 0 aliphatic carbocycles. The fourth-order valence-electron chi connectivity index (χ4n) is 4.12. The largest absolute Gasteiger partial charge is 0.381 e. The summed E-state index contributed by atoms with van der Waals surface area (Å²) >= 11 is 0. The predicted molar refractivity (Wildman–Crippen MR) is 92.8 cm³/mol. The highest BCUT2D eigenvalue weighted by molar-refractivity contribution is 5.81. The van der Waals surface area contributed by atoms with Gasteiger partial charge in [-0.25, -0.2) is 9.18 Å². The fraction of sp³-hybridized carbons (Fsp3) is 0.579. The molecule has 140 valence electrons. The normalized spacial score (nSPS) is 24.1. The summed E-state index contributed by atoms with van der Waals surface area (Å²) in [5.74, 6) is -0.0127. The average Bonchev–Trinajstić information content (AvgIpc) is 2.98. The monoisotopic (exact) mass is 361 g/mol. The quantitative estimate of drug-likeness (QED) is 0.824. The Labute approximate surface area is 152 Å². The molecular weight excluding hydrogens is 337 g/mol. The lowest BCUT2D eigenvalue weighted by Crippen LogP contribution is -2.55. The number of nitrogens with zero attached hydrogens (tertiary/aromatic N) is 3. The van der Waals surface area contributed by atoms with Gasteiger partial charge in [-0.3, -0.25) is 4.79 Å². The van der Waals surface area contributed by atoms with Gasteiger partial charge in [0.1, 0.15) is 5.82 Å². The van der Waals surface area contributed by atoms with E-state index in [0.717, 1.165) is 18.4 Å². The van der Waals surface area contributed by atoms with Gasteiger partial charge in [-0.05, 0) is 30.5 Å². The van der Waals surface area contributed by atoms with Crippen LogP contribution in [0, 0.1) is 11.7 Å². The van der Waals surface area contributed by atoms with E-state index in [9.17, 15) is 14.0 Å². The summed E-state index contributed by atoms with van der Waals surface area (Å²) in [7, 11) is 0. The smallest absolute Gasteiger partial charge is 0.320 e. The molecule has 0 radical (unpaired) electrons. The number of carbonyl (C=O) groups is 2. The van der Waals surface area contributed by atoms with Crippen molar-refractivity contribution in [1.29, 1.82) is 0 Å². The summed E-state index contributed by atoms with van der Waals surface area (Å²) in [4.78, 5) is 31.0. The maximum atomic E-state index is 13.1. The van der Waals surface area contributed by atoms with E-state index in [0.29, 0.717) is 45.9 Å². The van der Waals surface area contributed by atoms with Crippen LogP contribution < -0.4 is 0 Å². The first-order valence-electron chi connectivity index (χ1n) is 9.28. The second-order valence-corrected chi connectivity index (χ2v) is 7.31. The van der Waals surface area contributed by atoms with Crippen LogP contribution in [0.5, 0.6) is 0 Å². The molecule has 0 unspecified atom stereocenters. The molecule has 3 amide bonds. The van der Waals surface area contributed by atoms with E-state index in [1.54, 1.807) is 17.0 Å². The van der Waals surface area contributed by atoms with Gasteiger partial charge in [-0.2, -0.15) is 0 Å². The third-order valence-electron chi connectivity index (χ3n) is 5.60. The Morgan fingerprint density at radius 1 is 1.12 bits per heavy atom. The predicted octanol–water partition coefficient (Wildman–Crippen LogP) is 1.70. The Bertz CT molecular complexity index is 675. The van der Waals surface area contributed by atoms with E-state index in [-0.39, 0.29) is 29.7 Å². The minimum atomic E-state index is -0.277. The zero-order chi connectivity index (χ0) is 18.1. The van der Waals surface area contributed by atoms with E-state index in [1.165, 1.54) is 12.1 Å². The van der Waals surface area contributed by atoms with Crippen molar-refractivity contribution in [3.05, 3.63) is 35.6 Å².